The van der Waals surface area contributed by atoms with Crippen LogP contribution in [0.4, 0.5) is 0 Å². The highest BCUT2D eigenvalue weighted by molar-refractivity contribution is 6.83. The second kappa shape index (κ2) is 6.27. The fourth-order valence-corrected chi connectivity index (χ4v) is 5.83. The molecule has 5 heteroatoms. The van der Waals surface area contributed by atoms with Gasteiger partial charge in [0.15, 0.2) is 5.41 Å². The third-order valence-corrected chi connectivity index (χ3v) is 7.30. The van der Waals surface area contributed by atoms with Gasteiger partial charge in [-0.15, -0.1) is 0 Å². The quantitative estimate of drug-likeness (QED) is 0.333. The standard InChI is InChI=1S/C18H28O4Si/c1-7-21-16(19)18(17(20)22-8-2)10-13-12(3)9-15(14(13)11-18)23(4,5)6/h13H,3,7-11H2,1-2,4-6H3. The van der Waals surface area contributed by atoms with Gasteiger partial charge in [0.25, 0.3) is 0 Å². The molecule has 0 aromatic heterocycles. The zero-order valence-electron chi connectivity index (χ0n) is 15.0. The molecule has 1 unspecified atom stereocenters. The van der Waals surface area contributed by atoms with Crippen LogP contribution in [-0.4, -0.2) is 33.2 Å². The summed E-state index contributed by atoms with van der Waals surface area (Å²) in [6.45, 7) is 15.2. The van der Waals surface area contributed by atoms with Crippen LogP contribution >= 0.6 is 0 Å². The second-order valence-electron chi connectivity index (χ2n) is 7.55. The molecule has 2 rings (SSSR count). The maximum absolute atomic E-state index is 12.6. The monoisotopic (exact) mass is 336 g/mol. The van der Waals surface area contributed by atoms with Crippen LogP contribution in [0.1, 0.15) is 33.1 Å². The molecule has 0 spiro atoms. The Kier molecular flexibility index (Phi) is 4.90. The summed E-state index contributed by atoms with van der Waals surface area (Å²) >= 11 is 0. The Balaban J connectivity index is 2.46. The second-order valence-corrected chi connectivity index (χ2v) is 12.6. The van der Waals surface area contributed by atoms with Crippen LogP contribution in [-0.2, 0) is 19.1 Å². The normalized spacial score (nSPS) is 23.0. The summed E-state index contributed by atoms with van der Waals surface area (Å²) in [6.07, 6.45) is 1.82. The summed E-state index contributed by atoms with van der Waals surface area (Å²) in [5, 5.41) is 1.45. The first kappa shape index (κ1) is 18.0. The van der Waals surface area contributed by atoms with E-state index in [9.17, 15) is 9.59 Å². The zero-order valence-corrected chi connectivity index (χ0v) is 16.0. The van der Waals surface area contributed by atoms with Gasteiger partial charge < -0.3 is 9.47 Å². The maximum atomic E-state index is 12.6. The van der Waals surface area contributed by atoms with E-state index in [0.29, 0.717) is 12.8 Å². The molecule has 1 fully saturated rings. The summed E-state index contributed by atoms with van der Waals surface area (Å²) in [4.78, 5) is 25.2. The SMILES string of the molecule is C=C1CC([Si](C)(C)C)=C2CC(C(=O)OCC)(C(=O)OCC)CC12. The van der Waals surface area contributed by atoms with Gasteiger partial charge in [0.2, 0.25) is 0 Å². The molecule has 0 bridgehead atoms. The van der Waals surface area contributed by atoms with Crippen molar-refractivity contribution < 1.29 is 19.1 Å². The van der Waals surface area contributed by atoms with Crippen LogP contribution in [0.2, 0.25) is 19.6 Å². The summed E-state index contributed by atoms with van der Waals surface area (Å²) in [5.41, 5.74) is 1.21. The lowest BCUT2D eigenvalue weighted by Gasteiger charge is -2.26. The van der Waals surface area contributed by atoms with Crippen LogP contribution < -0.4 is 0 Å². The van der Waals surface area contributed by atoms with E-state index in [1.165, 1.54) is 10.8 Å². The van der Waals surface area contributed by atoms with Gasteiger partial charge >= 0.3 is 11.9 Å². The summed E-state index contributed by atoms with van der Waals surface area (Å²) in [5.74, 6) is -0.753. The van der Waals surface area contributed by atoms with Crippen LogP contribution in [0.25, 0.3) is 0 Å². The number of carbonyl (C=O) groups is 2. The van der Waals surface area contributed by atoms with Gasteiger partial charge in [0.1, 0.15) is 0 Å². The first-order valence-electron chi connectivity index (χ1n) is 8.41. The van der Waals surface area contributed by atoms with E-state index < -0.39 is 25.4 Å². The van der Waals surface area contributed by atoms with Crippen molar-refractivity contribution in [2.24, 2.45) is 11.3 Å². The van der Waals surface area contributed by atoms with E-state index >= 15 is 0 Å². The summed E-state index contributed by atoms with van der Waals surface area (Å²) in [7, 11) is -1.51. The highest BCUT2D eigenvalue weighted by atomic mass is 28.3. The van der Waals surface area contributed by atoms with Gasteiger partial charge in [-0.3, -0.25) is 9.59 Å². The Morgan fingerprint density at radius 3 is 2.13 bits per heavy atom. The van der Waals surface area contributed by atoms with Crippen molar-refractivity contribution in [3.63, 3.8) is 0 Å². The van der Waals surface area contributed by atoms with Crippen LogP contribution in [0.15, 0.2) is 22.9 Å². The minimum Gasteiger partial charge on any atom is -0.465 e. The minimum atomic E-state index is -1.51. The molecule has 0 amide bonds. The van der Waals surface area contributed by atoms with Gasteiger partial charge in [0.05, 0.1) is 21.3 Å². The Morgan fingerprint density at radius 2 is 1.70 bits per heavy atom. The number of ether oxygens (including phenoxy) is 2. The number of fused-ring (bicyclic) bond motifs is 1. The zero-order chi connectivity index (χ0) is 17.4. The largest absolute Gasteiger partial charge is 0.465 e. The van der Waals surface area contributed by atoms with Gasteiger partial charge in [-0.25, -0.2) is 0 Å². The van der Waals surface area contributed by atoms with E-state index in [-0.39, 0.29) is 19.1 Å². The van der Waals surface area contributed by atoms with Gasteiger partial charge in [0, 0.05) is 5.92 Å². The predicted molar refractivity (Wildman–Crippen MR) is 92.6 cm³/mol. The van der Waals surface area contributed by atoms with Crippen molar-refractivity contribution in [1.29, 1.82) is 0 Å². The number of hydrogen-bond acceptors (Lipinski definition) is 4. The molecule has 0 heterocycles. The minimum absolute atomic E-state index is 0.130. The molecule has 4 nitrogen and oxygen atoms in total. The first-order chi connectivity index (χ1) is 10.7. The predicted octanol–water partition coefficient (Wildman–Crippen LogP) is 3.64. The average Bonchev–Trinajstić information content (AvgIpc) is 2.97. The van der Waals surface area contributed by atoms with Crippen molar-refractivity contribution in [3.8, 4) is 0 Å². The fraction of sp³-hybridized carbons (Fsp3) is 0.667. The smallest absolute Gasteiger partial charge is 0.323 e. The molecule has 2 aliphatic rings. The number of esters is 2. The molecule has 1 saturated carbocycles. The lowest BCUT2D eigenvalue weighted by molar-refractivity contribution is -0.171. The maximum Gasteiger partial charge on any atom is 0.323 e. The Morgan fingerprint density at radius 1 is 1.17 bits per heavy atom. The van der Waals surface area contributed by atoms with E-state index in [1.54, 1.807) is 13.8 Å². The average molecular weight is 337 g/mol. The molecular formula is C18H28O4Si. The summed E-state index contributed by atoms with van der Waals surface area (Å²) < 4.78 is 10.5. The van der Waals surface area contributed by atoms with Crippen molar-refractivity contribution >= 4 is 20.0 Å². The van der Waals surface area contributed by atoms with E-state index in [0.717, 1.165) is 12.0 Å². The molecule has 0 aromatic rings. The highest BCUT2D eigenvalue weighted by Gasteiger charge is 2.58. The Labute approximate surface area is 139 Å². The molecule has 0 aliphatic heterocycles. The first-order valence-corrected chi connectivity index (χ1v) is 11.9. The van der Waals surface area contributed by atoms with E-state index in [4.69, 9.17) is 9.47 Å². The molecule has 2 aliphatic carbocycles. The topological polar surface area (TPSA) is 52.6 Å². The van der Waals surface area contributed by atoms with Gasteiger partial charge in [-0.2, -0.15) is 0 Å². The van der Waals surface area contributed by atoms with Crippen molar-refractivity contribution in [2.75, 3.05) is 13.2 Å². The third-order valence-electron chi connectivity index (χ3n) is 4.99. The van der Waals surface area contributed by atoms with Gasteiger partial charge in [-0.1, -0.05) is 42.6 Å². The lowest BCUT2D eigenvalue weighted by Crippen LogP contribution is -2.40. The fourth-order valence-electron chi connectivity index (χ4n) is 3.84. The molecule has 0 radical (unpaired) electrons. The van der Waals surface area contributed by atoms with Crippen LogP contribution in [0.3, 0.4) is 0 Å². The number of allylic oxidation sites excluding steroid dienone is 3. The molecular weight excluding hydrogens is 308 g/mol. The highest BCUT2D eigenvalue weighted by Crippen LogP contribution is 2.56. The van der Waals surface area contributed by atoms with Crippen LogP contribution in [0.5, 0.6) is 0 Å². The van der Waals surface area contributed by atoms with Crippen molar-refractivity contribution in [2.45, 2.75) is 52.8 Å². The molecule has 23 heavy (non-hydrogen) atoms. The van der Waals surface area contributed by atoms with E-state index in [2.05, 4.69) is 26.2 Å². The number of hydrogen-bond donors (Lipinski definition) is 0. The molecule has 128 valence electrons. The molecule has 0 aromatic carbocycles. The Bertz CT molecular complexity index is 550. The lowest BCUT2D eigenvalue weighted by atomic mass is 9.83. The van der Waals surface area contributed by atoms with Crippen molar-refractivity contribution in [3.05, 3.63) is 22.9 Å². The molecule has 0 N–H and O–H groups in total. The van der Waals surface area contributed by atoms with Gasteiger partial charge in [-0.05, 0) is 33.1 Å². The Hall–Kier alpha value is -1.36. The molecule has 0 saturated heterocycles. The number of rotatable bonds is 5. The number of carbonyl (C=O) groups excluding carboxylic acids is 2. The molecule has 1 atom stereocenters. The van der Waals surface area contributed by atoms with E-state index in [1.807, 2.05) is 0 Å². The third kappa shape index (κ3) is 3.03. The summed E-state index contributed by atoms with van der Waals surface area (Å²) in [6, 6.07) is 0. The van der Waals surface area contributed by atoms with Crippen LogP contribution in [0, 0.1) is 11.3 Å². The van der Waals surface area contributed by atoms with Crippen molar-refractivity contribution in [1.82, 2.24) is 0 Å².